The highest BCUT2D eigenvalue weighted by atomic mass is 16.3. The van der Waals surface area contributed by atoms with Crippen molar-refractivity contribution < 1.29 is 5.11 Å². The molecule has 2 unspecified atom stereocenters. The molecule has 188 valence electrons. The first-order chi connectivity index (χ1) is 15.8. The molecule has 0 spiro atoms. The van der Waals surface area contributed by atoms with Gasteiger partial charge < -0.3 is 37.4 Å². The summed E-state index contributed by atoms with van der Waals surface area (Å²) in [5.74, 6) is 0.405. The summed E-state index contributed by atoms with van der Waals surface area (Å²) >= 11 is 0. The zero-order valence-electron chi connectivity index (χ0n) is 21.5. The summed E-state index contributed by atoms with van der Waals surface area (Å²) in [5, 5.41) is 13.0. The molecular formula is C25H47N7O. The molecule has 2 saturated heterocycles. The topological polar surface area (TPSA) is 120 Å². The van der Waals surface area contributed by atoms with E-state index < -0.39 is 0 Å². The van der Waals surface area contributed by atoms with Crippen LogP contribution in [0.4, 0.5) is 0 Å². The minimum absolute atomic E-state index is 0.148. The SMILES string of the molecule is CC.CCN(C)CCNC.CN1C2CCC1CN(C(/C=C(\N)c1ccccc1O)=C(N)N)C2. The summed E-state index contributed by atoms with van der Waals surface area (Å²) in [7, 11) is 6.28. The molecule has 2 fully saturated rings. The summed E-state index contributed by atoms with van der Waals surface area (Å²) in [5.41, 5.74) is 19.8. The predicted octanol–water partition coefficient (Wildman–Crippen LogP) is 1.74. The Bertz CT molecular complexity index is 747. The van der Waals surface area contributed by atoms with E-state index in [0.29, 0.717) is 23.3 Å². The van der Waals surface area contributed by atoms with Crippen LogP contribution in [0, 0.1) is 0 Å². The first kappa shape index (κ1) is 28.6. The van der Waals surface area contributed by atoms with Crippen molar-refractivity contribution >= 4 is 5.70 Å². The lowest BCUT2D eigenvalue weighted by atomic mass is 10.1. The summed E-state index contributed by atoms with van der Waals surface area (Å²) < 4.78 is 0. The van der Waals surface area contributed by atoms with E-state index in [2.05, 4.69) is 41.0 Å². The van der Waals surface area contributed by atoms with Crippen LogP contribution < -0.4 is 22.5 Å². The number of phenols is 1. The van der Waals surface area contributed by atoms with Crippen LogP contribution in [0.1, 0.15) is 39.2 Å². The second-order valence-electron chi connectivity index (χ2n) is 8.41. The van der Waals surface area contributed by atoms with Crippen LogP contribution in [0.2, 0.25) is 0 Å². The second kappa shape index (κ2) is 14.7. The number of allylic oxidation sites excluding steroid dienone is 1. The Morgan fingerprint density at radius 2 is 1.73 bits per heavy atom. The number of piperazine rings is 1. The van der Waals surface area contributed by atoms with Crippen molar-refractivity contribution in [2.24, 2.45) is 17.2 Å². The largest absolute Gasteiger partial charge is 0.507 e. The number of fused-ring (bicyclic) bond motifs is 2. The van der Waals surface area contributed by atoms with Crippen LogP contribution in [0.5, 0.6) is 5.75 Å². The van der Waals surface area contributed by atoms with Crippen molar-refractivity contribution in [2.75, 3.05) is 53.9 Å². The third kappa shape index (κ3) is 8.46. The van der Waals surface area contributed by atoms with Crippen LogP contribution in [-0.4, -0.2) is 85.8 Å². The van der Waals surface area contributed by atoms with E-state index in [0.717, 1.165) is 38.4 Å². The Hall–Kier alpha value is -2.42. The van der Waals surface area contributed by atoms with Gasteiger partial charge in [-0.2, -0.15) is 0 Å². The van der Waals surface area contributed by atoms with Gasteiger partial charge in [-0.15, -0.1) is 0 Å². The predicted molar refractivity (Wildman–Crippen MR) is 140 cm³/mol. The average molecular weight is 462 g/mol. The molecule has 0 aliphatic carbocycles. The first-order valence-corrected chi connectivity index (χ1v) is 12.1. The number of nitrogens with zero attached hydrogens (tertiary/aromatic N) is 3. The Balaban J connectivity index is 0.000000464. The molecule has 2 aliphatic rings. The van der Waals surface area contributed by atoms with Crippen molar-refractivity contribution in [2.45, 2.75) is 45.7 Å². The lowest BCUT2D eigenvalue weighted by Gasteiger charge is -2.40. The Kier molecular flexibility index (Phi) is 12.7. The highest BCUT2D eigenvalue weighted by Crippen LogP contribution is 2.31. The van der Waals surface area contributed by atoms with E-state index in [-0.39, 0.29) is 11.6 Å². The van der Waals surface area contributed by atoms with Gasteiger partial charge in [0, 0.05) is 49.5 Å². The number of phenolic OH excluding ortho intramolecular Hbond substituents is 1. The normalized spacial score (nSPS) is 20.0. The zero-order valence-corrected chi connectivity index (χ0v) is 21.5. The van der Waals surface area contributed by atoms with Crippen LogP contribution in [-0.2, 0) is 0 Å². The maximum atomic E-state index is 9.95. The molecular weight excluding hydrogens is 414 g/mol. The molecule has 2 bridgehead atoms. The van der Waals surface area contributed by atoms with Gasteiger partial charge in [-0.1, -0.05) is 32.9 Å². The van der Waals surface area contributed by atoms with Gasteiger partial charge in [0.2, 0.25) is 0 Å². The molecule has 2 aliphatic heterocycles. The smallest absolute Gasteiger partial charge is 0.124 e. The lowest BCUT2D eigenvalue weighted by molar-refractivity contribution is 0.114. The fraction of sp³-hybridized carbons (Fsp3) is 0.600. The van der Waals surface area contributed by atoms with E-state index in [1.807, 2.05) is 27.0 Å². The van der Waals surface area contributed by atoms with Gasteiger partial charge in [0.15, 0.2) is 0 Å². The van der Waals surface area contributed by atoms with E-state index in [9.17, 15) is 5.11 Å². The molecule has 1 aromatic rings. The Morgan fingerprint density at radius 3 is 2.21 bits per heavy atom. The van der Waals surface area contributed by atoms with E-state index in [1.54, 1.807) is 24.3 Å². The highest BCUT2D eigenvalue weighted by molar-refractivity contribution is 5.69. The number of aromatic hydroxyl groups is 1. The number of benzene rings is 1. The van der Waals surface area contributed by atoms with Gasteiger partial charge in [-0.3, -0.25) is 4.90 Å². The Labute approximate surface area is 201 Å². The molecule has 0 aromatic heterocycles. The van der Waals surface area contributed by atoms with Crippen LogP contribution in [0.25, 0.3) is 5.70 Å². The average Bonchev–Trinajstić information content (AvgIpc) is 3.02. The van der Waals surface area contributed by atoms with E-state index in [1.165, 1.54) is 12.8 Å². The quantitative estimate of drug-likeness (QED) is 0.390. The van der Waals surface area contributed by atoms with Gasteiger partial charge in [0.1, 0.15) is 11.6 Å². The minimum Gasteiger partial charge on any atom is -0.507 e. The van der Waals surface area contributed by atoms with Crippen LogP contribution in [0.15, 0.2) is 41.9 Å². The number of hydrogen-bond donors (Lipinski definition) is 5. The molecule has 0 radical (unpaired) electrons. The summed E-state index contributed by atoms with van der Waals surface area (Å²) in [6.45, 7) is 11.3. The molecule has 0 amide bonds. The number of rotatable bonds is 7. The molecule has 1 aromatic carbocycles. The molecule has 8 nitrogen and oxygen atoms in total. The number of likely N-dealkylation sites (tertiary alicyclic amines) is 1. The number of likely N-dealkylation sites (N-methyl/N-ethyl adjacent to an activating group) is 3. The van der Waals surface area contributed by atoms with Crippen LogP contribution in [0.3, 0.4) is 0 Å². The number of nitrogens with two attached hydrogens (primary N) is 3. The molecule has 2 atom stereocenters. The Morgan fingerprint density at radius 1 is 1.15 bits per heavy atom. The molecule has 2 heterocycles. The monoisotopic (exact) mass is 461 g/mol. The third-order valence-corrected chi connectivity index (χ3v) is 6.27. The number of hydrogen-bond acceptors (Lipinski definition) is 8. The molecule has 0 saturated carbocycles. The second-order valence-corrected chi connectivity index (χ2v) is 8.41. The maximum Gasteiger partial charge on any atom is 0.124 e. The lowest BCUT2D eigenvalue weighted by Crippen LogP contribution is -2.51. The molecule has 8 N–H and O–H groups in total. The first-order valence-electron chi connectivity index (χ1n) is 12.1. The fourth-order valence-corrected chi connectivity index (χ4v) is 4.07. The van der Waals surface area contributed by atoms with Crippen molar-refractivity contribution in [3.8, 4) is 5.75 Å². The van der Waals surface area contributed by atoms with Gasteiger partial charge in [0.05, 0.1) is 5.70 Å². The minimum atomic E-state index is 0.148. The molecule has 8 heteroatoms. The van der Waals surface area contributed by atoms with Crippen molar-refractivity contribution in [3.63, 3.8) is 0 Å². The molecule has 3 rings (SSSR count). The fourth-order valence-electron chi connectivity index (χ4n) is 4.07. The summed E-state index contributed by atoms with van der Waals surface area (Å²) in [6.07, 6.45) is 4.18. The number of para-hydroxylation sites is 1. The summed E-state index contributed by atoms with van der Waals surface area (Å²) in [6, 6.07) is 8.05. The zero-order chi connectivity index (χ0) is 25.0. The van der Waals surface area contributed by atoms with Crippen molar-refractivity contribution in [3.05, 3.63) is 47.4 Å². The van der Waals surface area contributed by atoms with Gasteiger partial charge in [0.25, 0.3) is 0 Å². The maximum absolute atomic E-state index is 9.95. The van der Waals surface area contributed by atoms with Crippen LogP contribution >= 0.6 is 0 Å². The van der Waals surface area contributed by atoms with E-state index >= 15 is 0 Å². The highest BCUT2D eigenvalue weighted by Gasteiger charge is 2.38. The third-order valence-electron chi connectivity index (χ3n) is 6.27. The standard InChI is InChI=1S/C17H25N5O.C6H16N2.C2H6/c1-21-11-6-7-12(21)10-22(9-11)15(17(19)20)8-14(18)13-4-2-3-5-16(13)23;1-4-8(3)6-5-7-2;1-2/h2-5,8,11-12,23H,6-7,9-10,18-20H2,1H3;7H,4-6H2,1-3H3;1-2H3/b14-8-;;. The van der Waals surface area contributed by atoms with Gasteiger partial charge in [-0.05, 0) is 58.7 Å². The van der Waals surface area contributed by atoms with Crippen molar-refractivity contribution in [1.82, 2.24) is 20.0 Å². The summed E-state index contributed by atoms with van der Waals surface area (Å²) in [4.78, 5) is 6.93. The van der Waals surface area contributed by atoms with Crippen molar-refractivity contribution in [1.29, 1.82) is 0 Å². The van der Waals surface area contributed by atoms with Gasteiger partial charge in [-0.25, -0.2) is 0 Å². The molecule has 33 heavy (non-hydrogen) atoms. The van der Waals surface area contributed by atoms with E-state index in [4.69, 9.17) is 17.2 Å². The van der Waals surface area contributed by atoms with Gasteiger partial charge >= 0.3 is 0 Å². The number of nitrogens with one attached hydrogen (secondary N) is 1.